The lowest BCUT2D eigenvalue weighted by Crippen LogP contribution is -2.23. The van der Waals surface area contributed by atoms with E-state index in [9.17, 15) is 0 Å². The zero-order valence-corrected chi connectivity index (χ0v) is 8.08. The Morgan fingerprint density at radius 2 is 2.23 bits per heavy atom. The number of rotatable bonds is 4. The van der Waals surface area contributed by atoms with Gasteiger partial charge in [0.25, 0.3) is 0 Å². The topological polar surface area (TPSA) is 44.5 Å². The van der Waals surface area contributed by atoms with Crippen LogP contribution in [0.15, 0.2) is 0 Å². The summed E-state index contributed by atoms with van der Waals surface area (Å²) < 4.78 is 11.1. The molecule has 3 heteroatoms. The maximum atomic E-state index is 5.70. The van der Waals surface area contributed by atoms with Crippen molar-refractivity contribution in [1.82, 2.24) is 0 Å². The van der Waals surface area contributed by atoms with Gasteiger partial charge in [0.1, 0.15) is 0 Å². The molecule has 3 atom stereocenters. The molecule has 0 aromatic rings. The Bertz CT molecular complexity index is 157. The van der Waals surface area contributed by atoms with E-state index in [1.54, 1.807) is 0 Å². The normalized spacial score (nSPS) is 39.0. The minimum Gasteiger partial charge on any atom is -0.353 e. The van der Waals surface area contributed by atoms with Crippen LogP contribution >= 0.6 is 0 Å². The molecular weight excluding hydrogens is 166 g/mol. The monoisotopic (exact) mass is 185 g/mol. The minimum atomic E-state index is 0.0729. The van der Waals surface area contributed by atoms with E-state index in [1.165, 1.54) is 19.3 Å². The van der Waals surface area contributed by atoms with Gasteiger partial charge in [-0.15, -0.1) is 0 Å². The Kier molecular flexibility index (Phi) is 3.19. The molecule has 1 saturated carbocycles. The van der Waals surface area contributed by atoms with E-state index in [0.717, 1.165) is 32.0 Å². The highest BCUT2D eigenvalue weighted by molar-refractivity contribution is 4.89. The first-order chi connectivity index (χ1) is 6.36. The fraction of sp³-hybridized carbons (Fsp3) is 1.00. The lowest BCUT2D eigenvalue weighted by atomic mass is 10.2. The average molecular weight is 185 g/mol. The first kappa shape index (κ1) is 9.44. The SMILES string of the molecule is N[C@@H]1C[C@@H]1CCOC1CCCCO1. The summed E-state index contributed by atoms with van der Waals surface area (Å²) in [6.45, 7) is 1.69. The largest absolute Gasteiger partial charge is 0.353 e. The molecular formula is C10H19NO2. The lowest BCUT2D eigenvalue weighted by Gasteiger charge is -2.22. The third-order valence-electron chi connectivity index (χ3n) is 2.91. The smallest absolute Gasteiger partial charge is 0.157 e. The van der Waals surface area contributed by atoms with Gasteiger partial charge < -0.3 is 15.2 Å². The van der Waals surface area contributed by atoms with E-state index in [0.29, 0.717) is 6.04 Å². The number of hydrogen-bond donors (Lipinski definition) is 1. The molecule has 1 unspecified atom stereocenters. The molecule has 76 valence electrons. The molecule has 2 rings (SSSR count). The molecule has 1 aliphatic carbocycles. The molecule has 3 nitrogen and oxygen atoms in total. The second-order valence-corrected chi connectivity index (χ2v) is 4.12. The van der Waals surface area contributed by atoms with Crippen LogP contribution in [0.4, 0.5) is 0 Å². The van der Waals surface area contributed by atoms with Gasteiger partial charge in [0, 0.05) is 12.6 Å². The van der Waals surface area contributed by atoms with Crippen molar-refractivity contribution in [2.45, 2.75) is 44.4 Å². The molecule has 1 aliphatic heterocycles. The number of nitrogens with two attached hydrogens (primary N) is 1. The fourth-order valence-corrected chi connectivity index (χ4v) is 1.80. The highest BCUT2D eigenvalue weighted by Crippen LogP contribution is 2.31. The van der Waals surface area contributed by atoms with Gasteiger partial charge in [0.05, 0.1) is 6.61 Å². The summed E-state index contributed by atoms with van der Waals surface area (Å²) in [6.07, 6.45) is 5.87. The molecule has 1 saturated heterocycles. The molecule has 0 radical (unpaired) electrons. The van der Waals surface area contributed by atoms with Gasteiger partial charge in [-0.25, -0.2) is 0 Å². The van der Waals surface area contributed by atoms with Gasteiger partial charge in [-0.05, 0) is 38.0 Å². The van der Waals surface area contributed by atoms with E-state index in [2.05, 4.69) is 0 Å². The molecule has 1 heterocycles. The van der Waals surface area contributed by atoms with Crippen LogP contribution in [0.2, 0.25) is 0 Å². The van der Waals surface area contributed by atoms with Crippen molar-refractivity contribution in [1.29, 1.82) is 0 Å². The van der Waals surface area contributed by atoms with Crippen molar-refractivity contribution in [3.63, 3.8) is 0 Å². The van der Waals surface area contributed by atoms with Crippen LogP contribution in [-0.4, -0.2) is 25.5 Å². The highest BCUT2D eigenvalue weighted by Gasteiger charge is 2.32. The molecule has 0 amide bonds. The zero-order chi connectivity index (χ0) is 9.10. The Morgan fingerprint density at radius 1 is 1.38 bits per heavy atom. The van der Waals surface area contributed by atoms with E-state index in [4.69, 9.17) is 15.2 Å². The van der Waals surface area contributed by atoms with Gasteiger partial charge in [-0.2, -0.15) is 0 Å². The Balaban J connectivity index is 1.51. The van der Waals surface area contributed by atoms with Gasteiger partial charge in [-0.1, -0.05) is 0 Å². The van der Waals surface area contributed by atoms with Crippen molar-refractivity contribution in [2.75, 3.05) is 13.2 Å². The molecule has 2 fully saturated rings. The van der Waals surface area contributed by atoms with Crippen LogP contribution < -0.4 is 5.73 Å². The summed E-state index contributed by atoms with van der Waals surface area (Å²) in [5.41, 5.74) is 5.70. The maximum absolute atomic E-state index is 5.70. The maximum Gasteiger partial charge on any atom is 0.157 e. The van der Waals surface area contributed by atoms with Gasteiger partial charge >= 0.3 is 0 Å². The van der Waals surface area contributed by atoms with Crippen LogP contribution in [0.25, 0.3) is 0 Å². The second-order valence-electron chi connectivity index (χ2n) is 4.12. The van der Waals surface area contributed by atoms with E-state index >= 15 is 0 Å². The number of ether oxygens (including phenoxy) is 2. The minimum absolute atomic E-state index is 0.0729. The third kappa shape index (κ3) is 2.93. The molecule has 2 aliphatic rings. The number of hydrogen-bond acceptors (Lipinski definition) is 3. The molecule has 13 heavy (non-hydrogen) atoms. The summed E-state index contributed by atoms with van der Waals surface area (Å²) in [6, 6.07) is 0.455. The first-order valence-electron chi connectivity index (χ1n) is 5.35. The summed E-state index contributed by atoms with van der Waals surface area (Å²) in [5.74, 6) is 0.726. The van der Waals surface area contributed by atoms with Crippen molar-refractivity contribution in [2.24, 2.45) is 11.7 Å². The Labute approximate surface area is 79.6 Å². The Hall–Kier alpha value is -0.120. The van der Waals surface area contributed by atoms with Crippen molar-refractivity contribution < 1.29 is 9.47 Å². The van der Waals surface area contributed by atoms with Crippen LogP contribution in [0.1, 0.15) is 32.1 Å². The summed E-state index contributed by atoms with van der Waals surface area (Å²) >= 11 is 0. The molecule has 2 N–H and O–H groups in total. The van der Waals surface area contributed by atoms with Crippen LogP contribution in [0.3, 0.4) is 0 Å². The predicted octanol–water partition coefficient (Wildman–Crippen LogP) is 1.27. The predicted molar refractivity (Wildman–Crippen MR) is 50.2 cm³/mol. The Morgan fingerprint density at radius 3 is 2.85 bits per heavy atom. The van der Waals surface area contributed by atoms with Gasteiger partial charge in [0.2, 0.25) is 0 Å². The third-order valence-corrected chi connectivity index (χ3v) is 2.91. The fourth-order valence-electron chi connectivity index (χ4n) is 1.80. The molecule has 0 bridgehead atoms. The molecule has 0 spiro atoms. The second kappa shape index (κ2) is 4.40. The summed E-state index contributed by atoms with van der Waals surface area (Å²) in [4.78, 5) is 0. The summed E-state index contributed by atoms with van der Waals surface area (Å²) in [7, 11) is 0. The van der Waals surface area contributed by atoms with Crippen molar-refractivity contribution in [3.05, 3.63) is 0 Å². The lowest BCUT2D eigenvalue weighted by molar-refractivity contribution is -0.163. The standard InChI is InChI=1S/C10H19NO2/c11-9-7-8(9)4-6-13-10-3-1-2-5-12-10/h8-10H,1-7,11H2/t8-,9+,10?/m0/s1. The van der Waals surface area contributed by atoms with E-state index in [1.807, 2.05) is 0 Å². The quantitative estimate of drug-likeness (QED) is 0.717. The molecule has 0 aromatic heterocycles. The molecule has 0 aromatic carbocycles. The highest BCUT2D eigenvalue weighted by atomic mass is 16.7. The van der Waals surface area contributed by atoms with Gasteiger partial charge in [0.15, 0.2) is 6.29 Å². The average Bonchev–Trinajstić information content (AvgIpc) is 2.84. The van der Waals surface area contributed by atoms with Crippen LogP contribution in [-0.2, 0) is 9.47 Å². The van der Waals surface area contributed by atoms with Gasteiger partial charge in [-0.3, -0.25) is 0 Å². The zero-order valence-electron chi connectivity index (χ0n) is 8.08. The van der Waals surface area contributed by atoms with Crippen molar-refractivity contribution >= 4 is 0 Å². The van der Waals surface area contributed by atoms with Crippen molar-refractivity contribution in [3.8, 4) is 0 Å². The van der Waals surface area contributed by atoms with E-state index in [-0.39, 0.29) is 6.29 Å². The van der Waals surface area contributed by atoms with Crippen LogP contribution in [0, 0.1) is 5.92 Å². The van der Waals surface area contributed by atoms with Crippen LogP contribution in [0.5, 0.6) is 0 Å². The van der Waals surface area contributed by atoms with E-state index < -0.39 is 0 Å². The first-order valence-corrected chi connectivity index (χ1v) is 5.35. The summed E-state index contributed by atoms with van der Waals surface area (Å²) in [5, 5.41) is 0.